The van der Waals surface area contributed by atoms with E-state index in [0.717, 1.165) is 11.3 Å². The number of nitrogens with one attached hydrogen (secondary N) is 2. The van der Waals surface area contributed by atoms with Crippen molar-refractivity contribution in [2.24, 2.45) is 5.73 Å². The van der Waals surface area contributed by atoms with Gasteiger partial charge >= 0.3 is 5.97 Å². The lowest BCUT2D eigenvalue weighted by Gasteiger charge is -2.19. The second-order valence-electron chi connectivity index (χ2n) is 6.78. The van der Waals surface area contributed by atoms with Gasteiger partial charge in [-0.3, -0.25) is 4.79 Å². The predicted octanol–water partition coefficient (Wildman–Crippen LogP) is 1.39. The Balaban J connectivity index is 2.32. The minimum absolute atomic E-state index is 0.130. The summed E-state index contributed by atoms with van der Waals surface area (Å²) in [4.78, 5) is 25.1. The molecule has 5 N–H and O–H groups in total. The fraction of sp³-hybridized carbons (Fsp3) is 0.364. The molecule has 0 aliphatic carbocycles. The van der Waals surface area contributed by atoms with Gasteiger partial charge in [-0.15, -0.1) is 0 Å². The molecule has 0 spiro atoms. The largest absolute Gasteiger partial charge is 0.467 e. The number of nitrogens with two attached hydrogens (primary N) is 1. The Morgan fingerprint density at radius 3 is 2.50 bits per heavy atom. The molecule has 2 aromatic rings. The molecule has 0 aliphatic heterocycles. The smallest absolute Gasteiger partial charge is 0.328 e. The number of aliphatic hydroxyl groups excluding tert-OH is 1. The molecule has 0 heterocycles. The lowest BCUT2D eigenvalue weighted by Crippen LogP contribution is -2.42. The number of benzene rings is 2. The standard InChI is InChI=1S/C22H29N3O5/c1-29-11-10-20(22(28)30-2)25-21(27)18-9-8-17(24-13-16(23)14-26)12-19(18)15-6-4-3-5-7-15/h3-9,12,16,20,24,26H,10-11,13-14,23H2,1-2H3,(H,25,27)/t16-,20+/m1/s1. The second kappa shape index (κ2) is 11.9. The minimum atomic E-state index is -0.813. The number of anilines is 1. The maximum absolute atomic E-state index is 13.0. The van der Waals surface area contributed by atoms with Crippen molar-refractivity contribution in [3.05, 3.63) is 54.1 Å². The monoisotopic (exact) mass is 415 g/mol. The number of amides is 1. The van der Waals surface area contributed by atoms with Crippen molar-refractivity contribution in [2.45, 2.75) is 18.5 Å². The average molecular weight is 415 g/mol. The highest BCUT2D eigenvalue weighted by Gasteiger charge is 2.23. The summed E-state index contributed by atoms with van der Waals surface area (Å²) in [6.07, 6.45) is 0.300. The lowest BCUT2D eigenvalue weighted by atomic mass is 9.98. The third-order valence-electron chi connectivity index (χ3n) is 4.55. The maximum atomic E-state index is 13.0. The van der Waals surface area contributed by atoms with Crippen LogP contribution < -0.4 is 16.4 Å². The second-order valence-corrected chi connectivity index (χ2v) is 6.78. The summed E-state index contributed by atoms with van der Waals surface area (Å²) < 4.78 is 9.82. The van der Waals surface area contributed by atoms with E-state index in [0.29, 0.717) is 30.7 Å². The van der Waals surface area contributed by atoms with Gasteiger partial charge in [-0.25, -0.2) is 4.79 Å². The molecule has 0 unspecified atom stereocenters. The van der Waals surface area contributed by atoms with Gasteiger partial charge in [0.1, 0.15) is 6.04 Å². The van der Waals surface area contributed by atoms with Crippen molar-refractivity contribution in [3.8, 4) is 11.1 Å². The van der Waals surface area contributed by atoms with Gasteiger partial charge < -0.3 is 30.9 Å². The van der Waals surface area contributed by atoms with Crippen LogP contribution in [0.3, 0.4) is 0 Å². The third kappa shape index (κ3) is 6.55. The Hall–Kier alpha value is -2.94. The quantitative estimate of drug-likeness (QED) is 0.409. The molecule has 0 bridgehead atoms. The topological polar surface area (TPSA) is 123 Å². The zero-order chi connectivity index (χ0) is 21.9. The van der Waals surface area contributed by atoms with Gasteiger partial charge in [0.2, 0.25) is 0 Å². The van der Waals surface area contributed by atoms with Crippen LogP contribution >= 0.6 is 0 Å². The highest BCUT2D eigenvalue weighted by molar-refractivity contribution is 6.03. The molecule has 2 atom stereocenters. The van der Waals surface area contributed by atoms with E-state index in [9.17, 15) is 9.59 Å². The van der Waals surface area contributed by atoms with E-state index in [-0.39, 0.29) is 12.5 Å². The van der Waals surface area contributed by atoms with Crippen LogP contribution in [0.2, 0.25) is 0 Å². The fourth-order valence-corrected chi connectivity index (χ4v) is 2.89. The number of ether oxygens (including phenoxy) is 2. The average Bonchev–Trinajstić information content (AvgIpc) is 2.79. The molecular formula is C22H29N3O5. The molecule has 0 aromatic heterocycles. The van der Waals surface area contributed by atoms with Crippen LogP contribution in [0.5, 0.6) is 0 Å². The van der Waals surface area contributed by atoms with Crippen LogP contribution in [0.15, 0.2) is 48.5 Å². The number of rotatable bonds is 11. The number of methoxy groups -OCH3 is 2. The summed E-state index contributed by atoms with van der Waals surface area (Å²) in [5.41, 5.74) is 8.49. The fourth-order valence-electron chi connectivity index (χ4n) is 2.89. The van der Waals surface area contributed by atoms with Crippen molar-refractivity contribution in [3.63, 3.8) is 0 Å². The van der Waals surface area contributed by atoms with E-state index in [2.05, 4.69) is 10.6 Å². The number of hydrogen-bond donors (Lipinski definition) is 4. The molecule has 2 aromatic carbocycles. The summed E-state index contributed by atoms with van der Waals surface area (Å²) in [6, 6.07) is 13.5. The van der Waals surface area contributed by atoms with Crippen molar-refractivity contribution < 1.29 is 24.2 Å². The Labute approximate surface area is 176 Å². The Morgan fingerprint density at radius 1 is 1.13 bits per heavy atom. The first kappa shape index (κ1) is 23.3. The molecule has 30 heavy (non-hydrogen) atoms. The third-order valence-corrected chi connectivity index (χ3v) is 4.55. The van der Waals surface area contributed by atoms with Crippen LogP contribution in [-0.4, -0.2) is 63.0 Å². The highest BCUT2D eigenvalue weighted by Crippen LogP contribution is 2.27. The number of aliphatic hydroxyl groups is 1. The van der Waals surface area contributed by atoms with Crippen LogP contribution in [0.4, 0.5) is 5.69 Å². The first-order valence-electron chi connectivity index (χ1n) is 9.67. The SMILES string of the molecule is COCC[C@H](NC(=O)c1ccc(NC[C@@H](N)CO)cc1-c1ccccc1)C(=O)OC. The van der Waals surface area contributed by atoms with Crippen LogP contribution in [-0.2, 0) is 14.3 Å². The van der Waals surface area contributed by atoms with E-state index in [1.54, 1.807) is 12.1 Å². The molecule has 0 saturated heterocycles. The van der Waals surface area contributed by atoms with Gasteiger partial charge in [0.15, 0.2) is 0 Å². The van der Waals surface area contributed by atoms with Crippen molar-refractivity contribution in [1.82, 2.24) is 5.32 Å². The van der Waals surface area contributed by atoms with Crippen LogP contribution in [0.1, 0.15) is 16.8 Å². The number of esters is 1. The minimum Gasteiger partial charge on any atom is -0.467 e. The summed E-state index contributed by atoms with van der Waals surface area (Å²) in [7, 11) is 2.80. The zero-order valence-electron chi connectivity index (χ0n) is 17.3. The summed E-state index contributed by atoms with van der Waals surface area (Å²) in [5, 5.41) is 15.0. The number of hydrogen-bond acceptors (Lipinski definition) is 7. The maximum Gasteiger partial charge on any atom is 0.328 e. The molecule has 8 heteroatoms. The molecule has 2 rings (SSSR count). The first-order chi connectivity index (χ1) is 14.5. The Bertz CT molecular complexity index is 829. The van der Waals surface area contributed by atoms with Crippen molar-refractivity contribution >= 4 is 17.6 Å². The normalized spacial score (nSPS) is 12.7. The number of carbonyl (C=O) groups is 2. The Morgan fingerprint density at radius 2 is 1.87 bits per heavy atom. The van der Waals surface area contributed by atoms with Gasteiger partial charge in [-0.2, -0.15) is 0 Å². The van der Waals surface area contributed by atoms with E-state index in [4.69, 9.17) is 20.3 Å². The van der Waals surface area contributed by atoms with Gasteiger partial charge in [-0.05, 0) is 29.3 Å². The summed E-state index contributed by atoms with van der Waals surface area (Å²) >= 11 is 0. The Kier molecular flexibility index (Phi) is 9.27. The molecule has 0 fully saturated rings. The number of carbonyl (C=O) groups excluding carboxylic acids is 2. The van der Waals surface area contributed by atoms with Gasteiger partial charge in [0.25, 0.3) is 5.91 Å². The van der Waals surface area contributed by atoms with Crippen LogP contribution in [0.25, 0.3) is 11.1 Å². The lowest BCUT2D eigenvalue weighted by molar-refractivity contribution is -0.143. The molecule has 0 aliphatic rings. The molecule has 0 saturated carbocycles. The molecular weight excluding hydrogens is 386 g/mol. The molecule has 1 amide bonds. The highest BCUT2D eigenvalue weighted by atomic mass is 16.5. The van der Waals surface area contributed by atoms with Gasteiger partial charge in [0, 0.05) is 44.0 Å². The molecule has 0 radical (unpaired) electrons. The van der Waals surface area contributed by atoms with E-state index in [1.165, 1.54) is 14.2 Å². The summed E-state index contributed by atoms with van der Waals surface area (Å²) in [6.45, 7) is 0.562. The predicted molar refractivity (Wildman–Crippen MR) is 115 cm³/mol. The molecule has 162 valence electrons. The van der Waals surface area contributed by atoms with Gasteiger partial charge in [-0.1, -0.05) is 30.3 Å². The zero-order valence-corrected chi connectivity index (χ0v) is 17.3. The van der Waals surface area contributed by atoms with Crippen molar-refractivity contribution in [2.75, 3.05) is 39.3 Å². The van der Waals surface area contributed by atoms with E-state index < -0.39 is 18.1 Å². The molecule has 8 nitrogen and oxygen atoms in total. The van der Waals surface area contributed by atoms with Crippen LogP contribution in [0, 0.1) is 0 Å². The van der Waals surface area contributed by atoms with Crippen molar-refractivity contribution in [1.29, 1.82) is 0 Å². The first-order valence-corrected chi connectivity index (χ1v) is 9.67. The van der Waals surface area contributed by atoms with E-state index in [1.807, 2.05) is 36.4 Å². The summed E-state index contributed by atoms with van der Waals surface area (Å²) in [5.74, 6) is -0.920. The van der Waals surface area contributed by atoms with E-state index >= 15 is 0 Å². The van der Waals surface area contributed by atoms with Gasteiger partial charge in [0.05, 0.1) is 13.7 Å².